The third kappa shape index (κ3) is 4.01. The third-order valence-electron chi connectivity index (χ3n) is 4.23. The van der Waals surface area contributed by atoms with E-state index in [0.717, 1.165) is 30.1 Å². The van der Waals surface area contributed by atoms with Crippen LogP contribution in [0.4, 0.5) is 0 Å². The van der Waals surface area contributed by atoms with Crippen LogP contribution in [0.1, 0.15) is 42.6 Å². The van der Waals surface area contributed by atoms with Crippen molar-refractivity contribution in [2.45, 2.75) is 44.8 Å². The molecule has 0 unspecified atom stereocenters. The lowest BCUT2D eigenvalue weighted by atomic mass is 10.0. The van der Waals surface area contributed by atoms with Gasteiger partial charge in [-0.3, -0.25) is 4.79 Å². The number of rotatable bonds is 5. The first-order valence-corrected chi connectivity index (χ1v) is 8.04. The monoisotopic (exact) mass is 317 g/mol. The van der Waals surface area contributed by atoms with E-state index in [0.29, 0.717) is 19.4 Å². The highest BCUT2D eigenvalue weighted by atomic mass is 16.5. The number of furan rings is 1. The smallest absolute Gasteiger partial charge is 0.220 e. The number of imidazole rings is 1. The highest BCUT2D eigenvalue weighted by molar-refractivity contribution is 5.76. The van der Waals surface area contributed by atoms with E-state index in [1.54, 1.807) is 6.33 Å². The van der Waals surface area contributed by atoms with Crippen LogP contribution in [0.5, 0.6) is 0 Å². The van der Waals surface area contributed by atoms with Crippen LogP contribution in [0.3, 0.4) is 0 Å². The quantitative estimate of drug-likeness (QED) is 0.918. The minimum atomic E-state index is -0.00530. The Bertz CT molecular complexity index is 662. The van der Waals surface area contributed by atoms with Crippen molar-refractivity contribution in [3.8, 4) is 0 Å². The Morgan fingerprint density at radius 2 is 2.35 bits per heavy atom. The van der Waals surface area contributed by atoms with Crippen LogP contribution in [0.2, 0.25) is 0 Å². The Labute approximate surface area is 135 Å². The van der Waals surface area contributed by atoms with Crippen molar-refractivity contribution in [2.24, 2.45) is 7.05 Å². The van der Waals surface area contributed by atoms with Crippen LogP contribution >= 0.6 is 0 Å². The van der Waals surface area contributed by atoms with E-state index in [1.807, 2.05) is 36.9 Å². The largest absolute Gasteiger partial charge is 0.466 e. The summed E-state index contributed by atoms with van der Waals surface area (Å²) in [5, 5.41) is 3.12. The van der Waals surface area contributed by atoms with Crippen molar-refractivity contribution in [2.75, 3.05) is 6.61 Å². The Kier molecular flexibility index (Phi) is 4.81. The average Bonchev–Trinajstić information content (AvgIpc) is 3.14. The first-order chi connectivity index (χ1) is 11.1. The molecule has 0 aliphatic carbocycles. The number of aryl methyl sites for hydroxylation is 3. The lowest BCUT2D eigenvalue weighted by molar-refractivity contribution is -0.123. The van der Waals surface area contributed by atoms with Gasteiger partial charge in [0.25, 0.3) is 0 Å². The Balaban J connectivity index is 1.49. The second-order valence-corrected chi connectivity index (χ2v) is 6.09. The molecule has 3 heterocycles. The van der Waals surface area contributed by atoms with Gasteiger partial charge in [-0.05, 0) is 31.9 Å². The number of hydrogen-bond donors (Lipinski definition) is 1. The summed E-state index contributed by atoms with van der Waals surface area (Å²) < 4.78 is 13.3. The van der Waals surface area contributed by atoms with Gasteiger partial charge in [-0.1, -0.05) is 0 Å². The predicted molar refractivity (Wildman–Crippen MR) is 84.8 cm³/mol. The van der Waals surface area contributed by atoms with Gasteiger partial charge in [-0.15, -0.1) is 0 Å². The number of hydrogen-bond acceptors (Lipinski definition) is 4. The minimum absolute atomic E-state index is 0.00530. The summed E-state index contributed by atoms with van der Waals surface area (Å²) >= 11 is 0. The number of aromatic nitrogens is 2. The van der Waals surface area contributed by atoms with Gasteiger partial charge in [0.1, 0.15) is 17.6 Å². The summed E-state index contributed by atoms with van der Waals surface area (Å²) in [6.07, 6.45) is 6.30. The maximum absolute atomic E-state index is 12.1. The minimum Gasteiger partial charge on any atom is -0.466 e. The topological polar surface area (TPSA) is 69.3 Å². The lowest BCUT2D eigenvalue weighted by Crippen LogP contribution is -2.40. The van der Waals surface area contributed by atoms with Crippen molar-refractivity contribution in [1.29, 1.82) is 0 Å². The maximum Gasteiger partial charge on any atom is 0.220 e. The van der Waals surface area contributed by atoms with Crippen molar-refractivity contribution < 1.29 is 13.9 Å². The van der Waals surface area contributed by atoms with E-state index >= 15 is 0 Å². The molecular formula is C17H23N3O3. The molecule has 23 heavy (non-hydrogen) atoms. The van der Waals surface area contributed by atoms with E-state index in [9.17, 15) is 4.79 Å². The fourth-order valence-electron chi connectivity index (χ4n) is 2.97. The van der Waals surface area contributed by atoms with Gasteiger partial charge in [0.15, 0.2) is 0 Å². The van der Waals surface area contributed by atoms with Gasteiger partial charge in [-0.25, -0.2) is 4.98 Å². The molecule has 0 aromatic carbocycles. The van der Waals surface area contributed by atoms with Gasteiger partial charge in [0.2, 0.25) is 5.91 Å². The van der Waals surface area contributed by atoms with E-state index < -0.39 is 0 Å². The van der Waals surface area contributed by atoms with Gasteiger partial charge < -0.3 is 19.0 Å². The molecule has 3 rings (SSSR count). The molecule has 0 saturated carbocycles. The zero-order valence-electron chi connectivity index (χ0n) is 13.6. The van der Waals surface area contributed by atoms with Crippen molar-refractivity contribution in [1.82, 2.24) is 14.9 Å². The highest BCUT2D eigenvalue weighted by Crippen LogP contribution is 2.27. The number of nitrogens with one attached hydrogen (secondary N) is 1. The molecule has 1 fully saturated rings. The predicted octanol–water partition coefficient (Wildman–Crippen LogP) is 2.29. The van der Waals surface area contributed by atoms with Gasteiger partial charge in [0.05, 0.1) is 18.2 Å². The summed E-state index contributed by atoms with van der Waals surface area (Å²) in [7, 11) is 1.96. The summed E-state index contributed by atoms with van der Waals surface area (Å²) in [4.78, 5) is 16.3. The molecule has 0 radical (unpaired) electrons. The first kappa shape index (κ1) is 15.8. The molecule has 1 aliphatic heterocycles. The Morgan fingerprint density at radius 1 is 1.48 bits per heavy atom. The fraction of sp³-hybridized carbons (Fsp3) is 0.529. The van der Waals surface area contributed by atoms with Gasteiger partial charge in [-0.2, -0.15) is 0 Å². The molecule has 1 N–H and O–H groups in total. The molecule has 2 aromatic heterocycles. The number of carbonyl (C=O) groups excluding carboxylic acids is 1. The van der Waals surface area contributed by atoms with Gasteiger partial charge in [0, 0.05) is 32.5 Å². The summed E-state index contributed by atoms with van der Waals surface area (Å²) in [6.45, 7) is 2.56. The third-order valence-corrected chi connectivity index (χ3v) is 4.23. The highest BCUT2D eigenvalue weighted by Gasteiger charge is 2.26. The number of carbonyl (C=O) groups is 1. The van der Waals surface area contributed by atoms with Crippen molar-refractivity contribution in [3.63, 3.8) is 0 Å². The van der Waals surface area contributed by atoms with Crippen LogP contribution in [-0.4, -0.2) is 28.1 Å². The van der Waals surface area contributed by atoms with Crippen LogP contribution < -0.4 is 5.32 Å². The molecule has 2 aromatic rings. The Morgan fingerprint density at radius 3 is 3.04 bits per heavy atom. The zero-order chi connectivity index (χ0) is 16.2. The molecule has 0 spiro atoms. The molecule has 1 aliphatic rings. The first-order valence-electron chi connectivity index (χ1n) is 8.04. The molecule has 124 valence electrons. The van der Waals surface area contributed by atoms with E-state index in [1.165, 1.54) is 0 Å². The van der Waals surface area contributed by atoms with E-state index in [2.05, 4.69) is 10.3 Å². The SMILES string of the molecule is Cc1ccc(CCC(=O)N[C@@H]2CCO[C@@H](c3cncn3C)C2)o1. The van der Waals surface area contributed by atoms with Crippen molar-refractivity contribution in [3.05, 3.63) is 41.9 Å². The molecule has 0 bridgehead atoms. The van der Waals surface area contributed by atoms with Crippen LogP contribution in [-0.2, 0) is 23.0 Å². The lowest BCUT2D eigenvalue weighted by Gasteiger charge is -2.30. The number of ether oxygens (including phenoxy) is 1. The van der Waals surface area contributed by atoms with Crippen LogP contribution in [0.25, 0.3) is 0 Å². The zero-order valence-corrected chi connectivity index (χ0v) is 13.6. The fourth-order valence-corrected chi connectivity index (χ4v) is 2.97. The summed E-state index contributed by atoms with van der Waals surface area (Å²) in [5.41, 5.74) is 1.05. The molecule has 6 nitrogen and oxygen atoms in total. The summed E-state index contributed by atoms with van der Waals surface area (Å²) in [6, 6.07) is 3.99. The van der Waals surface area contributed by atoms with E-state index in [4.69, 9.17) is 9.15 Å². The second kappa shape index (κ2) is 7.00. The molecule has 6 heteroatoms. The molecule has 1 saturated heterocycles. The van der Waals surface area contributed by atoms with Crippen LogP contribution in [0, 0.1) is 6.92 Å². The normalized spacial score (nSPS) is 21.3. The molecular weight excluding hydrogens is 294 g/mol. The standard InChI is InChI=1S/C17H23N3O3/c1-12-3-4-14(23-12)5-6-17(21)19-13-7-8-22-16(9-13)15-10-18-11-20(15)2/h3-4,10-11,13,16H,5-9H2,1-2H3,(H,19,21)/t13-,16-/m1/s1. The van der Waals surface area contributed by atoms with E-state index in [-0.39, 0.29) is 18.1 Å². The molecule has 2 atom stereocenters. The Hall–Kier alpha value is -2.08. The maximum atomic E-state index is 12.1. The van der Waals surface area contributed by atoms with Gasteiger partial charge >= 0.3 is 0 Å². The number of amides is 1. The number of nitrogens with zero attached hydrogens (tertiary/aromatic N) is 2. The second-order valence-electron chi connectivity index (χ2n) is 6.09. The van der Waals surface area contributed by atoms with Crippen molar-refractivity contribution >= 4 is 5.91 Å². The van der Waals surface area contributed by atoms with Crippen LogP contribution in [0.15, 0.2) is 29.1 Å². The average molecular weight is 317 g/mol. The molecule has 1 amide bonds. The summed E-state index contributed by atoms with van der Waals surface area (Å²) in [5.74, 6) is 1.80.